The zero-order chi connectivity index (χ0) is 11.3. The molecule has 86 valence electrons. The second kappa shape index (κ2) is 6.18. The number of ether oxygens (including phenoxy) is 2. The third kappa shape index (κ3) is 2.54. The quantitative estimate of drug-likeness (QED) is 0.526. The number of hydrogen-bond acceptors (Lipinski definition) is 2. The average Bonchev–Trinajstić information content (AvgIpc) is 2.59. The Morgan fingerprint density at radius 3 is 1.67 bits per heavy atom. The molecule has 2 nitrogen and oxygen atoms in total. The summed E-state index contributed by atoms with van der Waals surface area (Å²) in [5.41, 5.74) is 1.25. The van der Waals surface area contributed by atoms with E-state index in [4.69, 9.17) is 9.47 Å². The summed E-state index contributed by atoms with van der Waals surface area (Å²) in [6.07, 6.45) is 2.57. The summed E-state index contributed by atoms with van der Waals surface area (Å²) in [4.78, 5) is 0. The predicted octanol–water partition coefficient (Wildman–Crippen LogP) is 2.63. The van der Waals surface area contributed by atoms with E-state index in [0.717, 1.165) is 19.0 Å². The molecule has 0 saturated heterocycles. The topological polar surface area (TPSA) is 18.5 Å². The first-order chi connectivity index (χ1) is 7.25. The Labute approximate surface area is 98.8 Å². The van der Waals surface area contributed by atoms with Crippen LogP contribution < -0.4 is 0 Å². The second-order valence-electron chi connectivity index (χ2n) is 3.93. The van der Waals surface area contributed by atoms with E-state index in [9.17, 15) is 0 Å². The maximum atomic E-state index is 5.77. The summed E-state index contributed by atoms with van der Waals surface area (Å²) >= 11 is 0. The van der Waals surface area contributed by atoms with E-state index in [0.29, 0.717) is 11.1 Å². The van der Waals surface area contributed by atoms with Gasteiger partial charge in [0.25, 0.3) is 0 Å². The molecule has 1 aliphatic rings. The van der Waals surface area contributed by atoms with Crippen LogP contribution in [0.1, 0.15) is 26.7 Å². The number of rotatable bonds is 6. The van der Waals surface area contributed by atoms with Crippen molar-refractivity contribution in [3.8, 4) is 0 Å². The molecule has 0 aromatic heterocycles. The van der Waals surface area contributed by atoms with Crippen molar-refractivity contribution in [2.75, 3.05) is 14.2 Å². The molecule has 0 aliphatic heterocycles. The summed E-state index contributed by atoms with van der Waals surface area (Å²) < 4.78 is 11.5. The monoisotopic (exact) mass is 242 g/mol. The molecular formula is C11H22O2Si2. The molecule has 2 atom stereocenters. The van der Waals surface area contributed by atoms with Gasteiger partial charge in [0, 0.05) is 44.3 Å². The van der Waals surface area contributed by atoms with Crippen LogP contribution in [0.25, 0.3) is 0 Å². The summed E-state index contributed by atoms with van der Waals surface area (Å²) in [5, 5.41) is 0. The molecule has 1 saturated carbocycles. The maximum absolute atomic E-state index is 5.77. The summed E-state index contributed by atoms with van der Waals surface area (Å²) in [6, 6.07) is 2.50. The minimum absolute atomic E-state index is 0.261. The van der Waals surface area contributed by atoms with Crippen molar-refractivity contribution in [2.24, 2.45) is 0 Å². The molecule has 0 spiro atoms. The van der Waals surface area contributed by atoms with Gasteiger partial charge in [-0.2, -0.15) is 0 Å². The van der Waals surface area contributed by atoms with Crippen molar-refractivity contribution in [3.63, 3.8) is 0 Å². The molecule has 15 heavy (non-hydrogen) atoms. The van der Waals surface area contributed by atoms with E-state index >= 15 is 0 Å². The zero-order valence-electron chi connectivity index (χ0n) is 10.3. The minimum atomic E-state index is -0.261. The van der Waals surface area contributed by atoms with Gasteiger partial charge >= 0.3 is 0 Å². The van der Waals surface area contributed by atoms with E-state index < -0.39 is 0 Å². The average molecular weight is 242 g/mol. The van der Waals surface area contributed by atoms with Crippen LogP contribution in [0.2, 0.25) is 23.2 Å². The Kier molecular flexibility index (Phi) is 5.53. The molecule has 4 radical (unpaired) electrons. The Hall–Kier alpha value is 0.354. The highest BCUT2D eigenvalue weighted by Crippen LogP contribution is 2.50. The smallest absolute Gasteiger partial charge is 0.167 e. The van der Waals surface area contributed by atoms with Crippen LogP contribution >= 0.6 is 0 Å². The molecule has 0 heterocycles. The highest BCUT2D eigenvalue weighted by Gasteiger charge is 2.50. The van der Waals surface area contributed by atoms with Crippen molar-refractivity contribution in [1.29, 1.82) is 0 Å². The van der Waals surface area contributed by atoms with Crippen LogP contribution in [0.3, 0.4) is 0 Å². The molecular weight excluding hydrogens is 220 g/mol. The van der Waals surface area contributed by atoms with Gasteiger partial charge in [0.1, 0.15) is 0 Å². The lowest BCUT2D eigenvalue weighted by atomic mass is 10.2. The van der Waals surface area contributed by atoms with E-state index in [1.165, 1.54) is 24.9 Å². The molecule has 1 aliphatic carbocycles. The van der Waals surface area contributed by atoms with Gasteiger partial charge in [-0.15, -0.1) is 0 Å². The van der Waals surface area contributed by atoms with Crippen LogP contribution in [-0.4, -0.2) is 39.0 Å². The minimum Gasteiger partial charge on any atom is -0.353 e. The molecule has 1 rings (SSSR count). The van der Waals surface area contributed by atoms with Crippen LogP contribution in [0.5, 0.6) is 0 Å². The van der Waals surface area contributed by atoms with Gasteiger partial charge in [-0.05, 0) is 12.8 Å². The van der Waals surface area contributed by atoms with Crippen molar-refractivity contribution in [3.05, 3.63) is 0 Å². The predicted molar refractivity (Wildman–Crippen MR) is 66.0 cm³/mol. The van der Waals surface area contributed by atoms with Gasteiger partial charge < -0.3 is 9.47 Å². The molecule has 0 N–H and O–H groups in total. The van der Waals surface area contributed by atoms with Gasteiger partial charge in [-0.1, -0.05) is 25.9 Å². The first-order valence-corrected chi connectivity index (χ1v) is 8.39. The van der Waals surface area contributed by atoms with Gasteiger partial charge in [-0.3, -0.25) is 0 Å². The fraction of sp³-hybridized carbons (Fsp3) is 1.00. The first kappa shape index (κ1) is 13.4. The molecule has 1 fully saturated rings. The molecule has 0 aromatic rings. The third-order valence-corrected chi connectivity index (χ3v) is 6.44. The van der Waals surface area contributed by atoms with E-state index in [1.807, 2.05) is 14.2 Å². The SMILES string of the molecule is CC[Si]C1CCC([Si]CC)C1(OC)OC. The van der Waals surface area contributed by atoms with Crippen LogP contribution in [0.15, 0.2) is 0 Å². The second-order valence-corrected chi connectivity index (χ2v) is 7.55. The maximum Gasteiger partial charge on any atom is 0.167 e. The number of hydrogen-bond donors (Lipinski definition) is 0. The molecule has 4 heteroatoms. The van der Waals surface area contributed by atoms with Gasteiger partial charge in [0.15, 0.2) is 5.79 Å². The zero-order valence-corrected chi connectivity index (χ0v) is 12.3. The lowest BCUT2D eigenvalue weighted by Crippen LogP contribution is -2.42. The normalized spacial score (nSPS) is 29.6. The van der Waals surface area contributed by atoms with E-state index in [1.54, 1.807) is 0 Å². The van der Waals surface area contributed by atoms with Gasteiger partial charge in [0.2, 0.25) is 0 Å². The van der Waals surface area contributed by atoms with Crippen molar-refractivity contribution in [2.45, 2.75) is 55.6 Å². The Bertz CT molecular complexity index is 167. The summed E-state index contributed by atoms with van der Waals surface area (Å²) in [5.74, 6) is -0.261. The lowest BCUT2D eigenvalue weighted by Gasteiger charge is -2.37. The highest BCUT2D eigenvalue weighted by molar-refractivity contribution is 6.41. The molecule has 2 unspecified atom stereocenters. The van der Waals surface area contributed by atoms with Gasteiger partial charge in [-0.25, -0.2) is 0 Å². The van der Waals surface area contributed by atoms with Crippen LogP contribution in [0.4, 0.5) is 0 Å². The van der Waals surface area contributed by atoms with E-state index in [-0.39, 0.29) is 5.79 Å². The van der Waals surface area contributed by atoms with Crippen molar-refractivity contribution in [1.82, 2.24) is 0 Å². The molecule has 0 bridgehead atoms. The lowest BCUT2D eigenvalue weighted by molar-refractivity contribution is -0.199. The Morgan fingerprint density at radius 2 is 1.40 bits per heavy atom. The number of methoxy groups -OCH3 is 2. The Morgan fingerprint density at radius 1 is 1.00 bits per heavy atom. The van der Waals surface area contributed by atoms with Crippen LogP contribution in [0, 0.1) is 0 Å². The van der Waals surface area contributed by atoms with Crippen LogP contribution in [-0.2, 0) is 9.47 Å². The molecule has 0 amide bonds. The fourth-order valence-electron chi connectivity index (χ4n) is 2.61. The first-order valence-electron chi connectivity index (χ1n) is 5.82. The standard InChI is InChI=1S/C11H22O2Si2/c1-5-14-9-7-8-10(15-6-2)11(9,12-3)13-4/h9-10H,5-8H2,1-4H3. The molecule has 0 aromatic carbocycles. The summed E-state index contributed by atoms with van der Waals surface area (Å²) in [7, 11) is 5.59. The van der Waals surface area contributed by atoms with E-state index in [2.05, 4.69) is 13.8 Å². The van der Waals surface area contributed by atoms with Crippen molar-refractivity contribution >= 4 is 19.0 Å². The summed E-state index contributed by atoms with van der Waals surface area (Å²) in [6.45, 7) is 4.51. The largest absolute Gasteiger partial charge is 0.353 e. The highest BCUT2D eigenvalue weighted by atomic mass is 28.2. The van der Waals surface area contributed by atoms with Crippen molar-refractivity contribution < 1.29 is 9.47 Å². The third-order valence-electron chi connectivity index (χ3n) is 3.25. The van der Waals surface area contributed by atoms with Gasteiger partial charge in [0.05, 0.1) is 0 Å². The fourth-order valence-corrected chi connectivity index (χ4v) is 5.95. The Balaban J connectivity index is 2.75.